The van der Waals surface area contributed by atoms with Crippen molar-refractivity contribution in [2.24, 2.45) is 11.8 Å². The fourth-order valence-corrected chi connectivity index (χ4v) is 5.48. The number of fused-ring (bicyclic) bond motifs is 3. The van der Waals surface area contributed by atoms with Crippen molar-refractivity contribution in [2.75, 3.05) is 4.90 Å². The van der Waals surface area contributed by atoms with Crippen LogP contribution in [0.1, 0.15) is 26.3 Å². The van der Waals surface area contributed by atoms with Crippen molar-refractivity contribution < 1.29 is 23.9 Å². The van der Waals surface area contributed by atoms with Gasteiger partial charge in [-0.2, -0.15) is 0 Å². The highest BCUT2D eigenvalue weighted by Gasteiger charge is 2.74. The number of Topliss-reactive ketones (excluding diaryl/α,β-unsaturated/α-hetero) is 2. The van der Waals surface area contributed by atoms with Gasteiger partial charge < -0.3 is 4.74 Å². The Hall–Kier alpha value is -3.87. The van der Waals surface area contributed by atoms with Crippen LogP contribution in [0.2, 0.25) is 5.02 Å². The molecule has 35 heavy (non-hydrogen) atoms. The Labute approximate surface area is 205 Å². The summed E-state index contributed by atoms with van der Waals surface area (Å²) >= 11 is 5.99. The van der Waals surface area contributed by atoms with Crippen molar-refractivity contribution in [3.05, 3.63) is 107 Å². The van der Waals surface area contributed by atoms with E-state index >= 15 is 0 Å². The fourth-order valence-electron chi connectivity index (χ4n) is 5.36. The summed E-state index contributed by atoms with van der Waals surface area (Å²) in [5.74, 6) is -4.61. The van der Waals surface area contributed by atoms with Gasteiger partial charge in [0.15, 0.2) is 0 Å². The second-order valence-corrected chi connectivity index (χ2v) is 9.22. The van der Waals surface area contributed by atoms with Gasteiger partial charge in [0, 0.05) is 16.1 Å². The number of benzene rings is 3. The number of rotatable bonds is 3. The molecule has 3 atom stereocenters. The number of nitrogens with zero attached hydrogens (tertiary/aromatic N) is 1. The fraction of sp³-hybridized carbons (Fsp3) is 0.143. The van der Waals surface area contributed by atoms with Gasteiger partial charge in [-0.3, -0.25) is 19.2 Å². The van der Waals surface area contributed by atoms with Gasteiger partial charge in [0.05, 0.1) is 23.6 Å². The van der Waals surface area contributed by atoms with Crippen LogP contribution in [-0.4, -0.2) is 35.1 Å². The molecule has 2 heterocycles. The van der Waals surface area contributed by atoms with E-state index in [1.807, 2.05) is 30.3 Å². The van der Waals surface area contributed by atoms with Gasteiger partial charge in [-0.1, -0.05) is 78.4 Å². The van der Waals surface area contributed by atoms with Gasteiger partial charge in [0.2, 0.25) is 29.0 Å². The Bertz CT molecular complexity index is 1390. The van der Waals surface area contributed by atoms with Crippen molar-refractivity contribution in [3.8, 4) is 0 Å². The summed E-state index contributed by atoms with van der Waals surface area (Å²) in [5, 5.41) is 0.452. The topological polar surface area (TPSA) is 80.8 Å². The lowest BCUT2D eigenvalue weighted by Gasteiger charge is -2.26. The molecule has 6 rings (SSSR count). The van der Waals surface area contributed by atoms with Crippen molar-refractivity contribution >= 4 is 46.7 Å². The quantitative estimate of drug-likeness (QED) is 0.408. The van der Waals surface area contributed by atoms with Crippen LogP contribution in [0, 0.1) is 11.8 Å². The normalized spacial score (nSPS) is 24.6. The van der Waals surface area contributed by atoms with Crippen LogP contribution in [0.15, 0.2) is 84.9 Å². The van der Waals surface area contributed by atoms with Crippen LogP contribution in [-0.2, 0) is 14.3 Å². The minimum atomic E-state index is -2.08. The lowest BCUT2D eigenvalue weighted by Crippen LogP contribution is -2.51. The van der Waals surface area contributed by atoms with Crippen LogP contribution in [0.3, 0.4) is 0 Å². The Morgan fingerprint density at radius 1 is 0.771 bits per heavy atom. The van der Waals surface area contributed by atoms with Gasteiger partial charge in [-0.15, -0.1) is 0 Å². The maximum atomic E-state index is 13.8. The van der Waals surface area contributed by atoms with E-state index in [0.717, 1.165) is 10.5 Å². The van der Waals surface area contributed by atoms with E-state index in [4.69, 9.17) is 16.3 Å². The van der Waals surface area contributed by atoms with Gasteiger partial charge in [0.25, 0.3) is 0 Å². The average molecular weight is 484 g/mol. The largest absolute Gasteiger partial charge is 0.350 e. The van der Waals surface area contributed by atoms with Gasteiger partial charge >= 0.3 is 0 Å². The number of hydrogen-bond acceptors (Lipinski definition) is 5. The monoisotopic (exact) mass is 483 g/mol. The Balaban J connectivity index is 1.48. The molecular weight excluding hydrogens is 466 g/mol. The maximum Gasteiger partial charge on any atom is 0.241 e. The first-order chi connectivity index (χ1) is 16.9. The van der Waals surface area contributed by atoms with Crippen molar-refractivity contribution in [1.29, 1.82) is 0 Å². The van der Waals surface area contributed by atoms with Crippen LogP contribution in [0.5, 0.6) is 0 Å². The molecule has 3 aliphatic rings. The van der Waals surface area contributed by atoms with Crippen molar-refractivity contribution in [2.45, 2.75) is 11.7 Å². The van der Waals surface area contributed by atoms with E-state index in [1.165, 1.54) is 0 Å². The Kier molecular flexibility index (Phi) is 4.85. The van der Waals surface area contributed by atoms with E-state index < -0.39 is 46.9 Å². The Morgan fingerprint density at radius 3 is 2.00 bits per heavy atom. The third kappa shape index (κ3) is 3.00. The lowest BCUT2D eigenvalue weighted by molar-refractivity contribution is -0.126. The second kappa shape index (κ2) is 7.83. The number of carbonyl (C=O) groups excluding carboxylic acids is 4. The summed E-state index contributed by atoms with van der Waals surface area (Å²) in [4.78, 5) is 55.8. The van der Waals surface area contributed by atoms with Gasteiger partial charge in [-0.05, 0) is 29.8 Å². The first kappa shape index (κ1) is 21.6. The molecule has 2 aliphatic heterocycles. The molecule has 2 amide bonds. The van der Waals surface area contributed by atoms with Gasteiger partial charge in [-0.25, -0.2) is 4.90 Å². The highest BCUT2D eigenvalue weighted by atomic mass is 35.5. The number of ketones is 2. The SMILES string of the molecule is O=C1C2C(C=Cc3ccccc3)OC3(C(=O)c4ccccc4C3=O)C2C(=O)N1c1ccc(Cl)cc1. The summed E-state index contributed by atoms with van der Waals surface area (Å²) < 4.78 is 6.17. The summed E-state index contributed by atoms with van der Waals surface area (Å²) in [6.07, 6.45) is 2.47. The maximum absolute atomic E-state index is 13.8. The summed E-state index contributed by atoms with van der Waals surface area (Å²) in [6, 6.07) is 22.1. The molecule has 2 saturated heterocycles. The minimum Gasteiger partial charge on any atom is -0.350 e. The molecule has 1 aliphatic carbocycles. The lowest BCUT2D eigenvalue weighted by atomic mass is 9.78. The summed E-state index contributed by atoms with van der Waals surface area (Å²) in [5.41, 5.74) is -0.487. The van der Waals surface area contributed by atoms with E-state index in [-0.39, 0.29) is 11.1 Å². The molecule has 3 unspecified atom stereocenters. The number of anilines is 1. The minimum absolute atomic E-state index is 0.203. The predicted octanol–water partition coefficient (Wildman–Crippen LogP) is 4.38. The first-order valence-electron chi connectivity index (χ1n) is 11.2. The number of imide groups is 1. The second-order valence-electron chi connectivity index (χ2n) is 8.78. The summed E-state index contributed by atoms with van der Waals surface area (Å²) in [7, 11) is 0. The van der Waals surface area contributed by atoms with Crippen molar-refractivity contribution in [1.82, 2.24) is 0 Å². The molecule has 0 aromatic heterocycles. The first-order valence-corrected chi connectivity index (χ1v) is 11.5. The van der Waals surface area contributed by atoms with Crippen LogP contribution in [0.4, 0.5) is 5.69 Å². The zero-order chi connectivity index (χ0) is 24.3. The molecule has 0 saturated carbocycles. The number of ether oxygens (including phenoxy) is 1. The summed E-state index contributed by atoms with van der Waals surface area (Å²) in [6.45, 7) is 0. The third-order valence-electron chi connectivity index (χ3n) is 6.92. The predicted molar refractivity (Wildman–Crippen MR) is 129 cm³/mol. The third-order valence-corrected chi connectivity index (χ3v) is 7.17. The number of hydrogen-bond donors (Lipinski definition) is 0. The zero-order valence-electron chi connectivity index (χ0n) is 18.3. The highest BCUT2D eigenvalue weighted by molar-refractivity contribution is 6.37. The number of amides is 2. The van der Waals surface area contributed by atoms with E-state index in [9.17, 15) is 19.2 Å². The number of carbonyl (C=O) groups is 4. The molecule has 2 fully saturated rings. The highest BCUT2D eigenvalue weighted by Crippen LogP contribution is 2.53. The molecule has 0 N–H and O–H groups in total. The van der Waals surface area contributed by atoms with E-state index in [1.54, 1.807) is 60.7 Å². The van der Waals surface area contributed by atoms with Crippen LogP contribution in [0.25, 0.3) is 6.08 Å². The van der Waals surface area contributed by atoms with E-state index in [2.05, 4.69) is 0 Å². The molecule has 0 radical (unpaired) electrons. The molecule has 1 spiro atoms. The molecule has 6 nitrogen and oxygen atoms in total. The molecule has 7 heteroatoms. The van der Waals surface area contributed by atoms with Gasteiger partial charge in [0.1, 0.15) is 0 Å². The van der Waals surface area contributed by atoms with Crippen LogP contribution < -0.4 is 4.90 Å². The van der Waals surface area contributed by atoms with E-state index in [0.29, 0.717) is 10.7 Å². The molecular formula is C28H18ClNO5. The number of halogens is 1. The zero-order valence-corrected chi connectivity index (χ0v) is 19.0. The molecule has 3 aromatic rings. The molecule has 0 bridgehead atoms. The molecule has 172 valence electrons. The van der Waals surface area contributed by atoms with Crippen molar-refractivity contribution in [3.63, 3.8) is 0 Å². The molecule has 3 aromatic carbocycles. The smallest absolute Gasteiger partial charge is 0.241 e. The Morgan fingerprint density at radius 2 is 1.37 bits per heavy atom. The van der Waals surface area contributed by atoms with Crippen LogP contribution >= 0.6 is 11.6 Å². The average Bonchev–Trinajstić information content (AvgIpc) is 3.44. The standard InChI is InChI=1S/C28H18ClNO5/c29-17-11-13-18(14-12-17)30-26(33)22-21(15-10-16-6-2-1-3-7-16)35-28(23(22)27(30)34)24(31)19-8-4-5-9-20(19)25(28)32/h1-15,21-23H.